The van der Waals surface area contributed by atoms with E-state index in [4.69, 9.17) is 16.9 Å². The van der Waals surface area contributed by atoms with E-state index in [0.717, 1.165) is 15.7 Å². The van der Waals surface area contributed by atoms with Gasteiger partial charge in [0.1, 0.15) is 12.1 Å². The van der Waals surface area contributed by atoms with Crippen molar-refractivity contribution in [3.05, 3.63) is 28.8 Å². The largest absolute Gasteiger partial charge is 0.468 e. The van der Waals surface area contributed by atoms with Gasteiger partial charge in [0.15, 0.2) is 0 Å². The Labute approximate surface area is 145 Å². The van der Waals surface area contributed by atoms with E-state index >= 15 is 0 Å². The van der Waals surface area contributed by atoms with E-state index in [1.54, 1.807) is 0 Å². The molecule has 1 N–H and O–H groups in total. The lowest BCUT2D eigenvalue weighted by Crippen LogP contribution is -2.50. The molecule has 0 saturated carbocycles. The molecular weight excluding hydrogens is 358 g/mol. The Morgan fingerprint density at radius 1 is 1.54 bits per heavy atom. The molecule has 1 saturated heterocycles. The Hall–Kier alpha value is -1.86. The molecular formula is C14H16ClN3O5S. The molecule has 0 bridgehead atoms. The van der Waals surface area contributed by atoms with E-state index in [1.165, 1.54) is 25.2 Å². The highest BCUT2D eigenvalue weighted by Crippen LogP contribution is 2.29. The summed E-state index contributed by atoms with van der Waals surface area (Å²) in [5.74, 6) is -0.824. The molecule has 8 nitrogen and oxygen atoms in total. The summed E-state index contributed by atoms with van der Waals surface area (Å²) in [6.07, 6.45) is -1.01. The minimum absolute atomic E-state index is 0.0163. The first-order valence-electron chi connectivity index (χ1n) is 6.95. The third-order valence-corrected chi connectivity index (χ3v) is 6.06. The van der Waals surface area contributed by atoms with E-state index < -0.39 is 28.3 Å². The quantitative estimate of drug-likeness (QED) is 0.769. The van der Waals surface area contributed by atoms with Crippen LogP contribution in [0, 0.1) is 11.3 Å². The highest BCUT2D eigenvalue weighted by atomic mass is 35.5. The Morgan fingerprint density at radius 2 is 2.21 bits per heavy atom. The van der Waals surface area contributed by atoms with Crippen LogP contribution in [0.15, 0.2) is 18.2 Å². The number of nitrogens with zero attached hydrogens (tertiary/aromatic N) is 3. The molecule has 0 aliphatic carbocycles. The number of aliphatic hydroxyl groups is 1. The van der Waals surface area contributed by atoms with Crippen LogP contribution in [0.2, 0.25) is 5.02 Å². The zero-order chi connectivity index (χ0) is 18.1. The van der Waals surface area contributed by atoms with Gasteiger partial charge in [-0.2, -0.15) is 18.0 Å². The monoisotopic (exact) mass is 373 g/mol. The number of halogens is 1. The van der Waals surface area contributed by atoms with Gasteiger partial charge in [-0.05, 0) is 24.6 Å². The average molecular weight is 374 g/mol. The second-order valence-electron chi connectivity index (χ2n) is 5.19. The van der Waals surface area contributed by atoms with Gasteiger partial charge in [-0.15, -0.1) is 0 Å². The van der Waals surface area contributed by atoms with Crippen LogP contribution in [0.4, 0.5) is 5.69 Å². The normalized spacial score (nSPS) is 21.3. The van der Waals surface area contributed by atoms with E-state index in [1.807, 2.05) is 6.07 Å². The number of hydrogen-bond acceptors (Lipinski definition) is 6. The molecule has 1 aliphatic heterocycles. The predicted octanol–water partition coefficient (Wildman–Crippen LogP) is 0.501. The van der Waals surface area contributed by atoms with Crippen LogP contribution in [0.1, 0.15) is 12.0 Å². The number of benzene rings is 1. The summed E-state index contributed by atoms with van der Waals surface area (Å²) in [6.45, 7) is -0.0163. The minimum atomic E-state index is -4.10. The summed E-state index contributed by atoms with van der Waals surface area (Å²) in [5, 5.41) is 18.9. The van der Waals surface area contributed by atoms with Crippen molar-refractivity contribution in [2.24, 2.45) is 0 Å². The molecule has 24 heavy (non-hydrogen) atoms. The zero-order valence-corrected chi connectivity index (χ0v) is 14.6. The highest BCUT2D eigenvalue weighted by molar-refractivity contribution is 7.90. The topological polar surface area (TPSA) is 111 Å². The van der Waals surface area contributed by atoms with Crippen molar-refractivity contribution in [1.82, 2.24) is 4.31 Å². The molecule has 0 radical (unpaired) electrons. The first-order valence-corrected chi connectivity index (χ1v) is 8.72. The van der Waals surface area contributed by atoms with Gasteiger partial charge in [0.2, 0.25) is 0 Å². The van der Waals surface area contributed by atoms with Crippen LogP contribution in [0.25, 0.3) is 0 Å². The number of aliphatic hydroxyl groups excluding tert-OH is 1. The van der Waals surface area contributed by atoms with Crippen molar-refractivity contribution in [3.63, 3.8) is 0 Å². The van der Waals surface area contributed by atoms with Gasteiger partial charge in [-0.3, -0.25) is 9.10 Å². The molecule has 0 aromatic heterocycles. The standard InChI is InChI=1S/C14H16ClN3O5S/c1-17(10-4-3-9(8-16)11(15)7-10)24(21,22)18-6-5-12(19)13(18)14(20)23-2/h3-4,7,12-13,19H,5-6H2,1-2H3/t12-,13+/m1/s1. The molecule has 0 amide bonds. The van der Waals surface area contributed by atoms with Crippen LogP contribution < -0.4 is 4.31 Å². The maximum atomic E-state index is 12.8. The summed E-state index contributed by atoms with van der Waals surface area (Å²) in [6, 6.07) is 4.77. The summed E-state index contributed by atoms with van der Waals surface area (Å²) >= 11 is 5.94. The molecule has 0 spiro atoms. The summed E-state index contributed by atoms with van der Waals surface area (Å²) in [4.78, 5) is 11.8. The van der Waals surface area contributed by atoms with E-state index in [0.29, 0.717) is 0 Å². The van der Waals surface area contributed by atoms with Crippen LogP contribution in [0.5, 0.6) is 0 Å². The smallest absolute Gasteiger partial charge is 0.326 e. The predicted molar refractivity (Wildman–Crippen MR) is 86.6 cm³/mol. The van der Waals surface area contributed by atoms with Crippen LogP contribution >= 0.6 is 11.6 Å². The van der Waals surface area contributed by atoms with Gasteiger partial charge in [-0.1, -0.05) is 11.6 Å². The van der Waals surface area contributed by atoms with Gasteiger partial charge in [-0.25, -0.2) is 0 Å². The minimum Gasteiger partial charge on any atom is -0.468 e. The first-order chi connectivity index (χ1) is 11.2. The molecule has 0 unspecified atom stereocenters. The first kappa shape index (κ1) is 18.5. The second kappa shape index (κ2) is 6.94. The van der Waals surface area contributed by atoms with Crippen molar-refractivity contribution < 1.29 is 23.1 Å². The molecule has 1 fully saturated rings. The fraction of sp³-hybridized carbons (Fsp3) is 0.429. The lowest BCUT2D eigenvalue weighted by atomic mass is 10.2. The number of carbonyl (C=O) groups excluding carboxylic acids is 1. The summed E-state index contributed by atoms with van der Waals surface area (Å²) in [7, 11) is -1.68. The number of hydrogen-bond donors (Lipinski definition) is 1. The number of nitriles is 1. The van der Waals surface area contributed by atoms with Crippen molar-refractivity contribution in [2.45, 2.75) is 18.6 Å². The fourth-order valence-corrected chi connectivity index (χ4v) is 4.25. The highest BCUT2D eigenvalue weighted by Gasteiger charge is 2.46. The molecule has 10 heteroatoms. The van der Waals surface area contributed by atoms with Gasteiger partial charge in [0, 0.05) is 13.6 Å². The van der Waals surface area contributed by atoms with Crippen molar-refractivity contribution in [1.29, 1.82) is 5.26 Å². The molecule has 2 atom stereocenters. The molecule has 1 heterocycles. The number of carbonyl (C=O) groups is 1. The van der Waals surface area contributed by atoms with Crippen LogP contribution in [0.3, 0.4) is 0 Å². The Balaban J connectivity index is 2.37. The molecule has 1 aromatic rings. The van der Waals surface area contributed by atoms with Crippen LogP contribution in [-0.4, -0.2) is 56.6 Å². The summed E-state index contributed by atoms with van der Waals surface area (Å²) in [5.41, 5.74) is 0.444. The fourth-order valence-electron chi connectivity index (χ4n) is 2.48. The molecule has 1 aliphatic rings. The third-order valence-electron chi connectivity index (χ3n) is 3.84. The molecule has 1 aromatic carbocycles. The maximum absolute atomic E-state index is 12.8. The molecule has 130 valence electrons. The summed E-state index contributed by atoms with van der Waals surface area (Å²) < 4.78 is 32.0. The lowest BCUT2D eigenvalue weighted by Gasteiger charge is -2.29. The number of esters is 1. The number of anilines is 1. The van der Waals surface area contributed by atoms with E-state index in [2.05, 4.69) is 4.74 Å². The number of ether oxygens (including phenoxy) is 1. The average Bonchev–Trinajstić information content (AvgIpc) is 2.95. The third kappa shape index (κ3) is 3.18. The second-order valence-corrected chi connectivity index (χ2v) is 7.51. The Bertz CT molecular complexity index is 792. The number of rotatable bonds is 4. The molecule has 2 rings (SSSR count). The Morgan fingerprint density at radius 3 is 2.75 bits per heavy atom. The Kier molecular flexibility index (Phi) is 5.35. The van der Waals surface area contributed by atoms with Gasteiger partial charge >= 0.3 is 16.2 Å². The van der Waals surface area contributed by atoms with Gasteiger partial charge in [0.25, 0.3) is 0 Å². The number of methoxy groups -OCH3 is 1. The maximum Gasteiger partial charge on any atom is 0.326 e. The van der Waals surface area contributed by atoms with Crippen molar-refractivity contribution in [2.75, 3.05) is 25.0 Å². The van der Waals surface area contributed by atoms with E-state index in [9.17, 15) is 18.3 Å². The van der Waals surface area contributed by atoms with Crippen molar-refractivity contribution in [3.8, 4) is 6.07 Å². The van der Waals surface area contributed by atoms with Gasteiger partial charge in [0.05, 0.1) is 29.5 Å². The SMILES string of the molecule is COC(=O)[C@@H]1[C@H](O)CCN1S(=O)(=O)N(C)c1ccc(C#N)c(Cl)c1. The lowest BCUT2D eigenvalue weighted by molar-refractivity contribution is -0.146. The van der Waals surface area contributed by atoms with Crippen molar-refractivity contribution >= 4 is 33.5 Å². The van der Waals surface area contributed by atoms with Gasteiger partial charge < -0.3 is 9.84 Å². The van der Waals surface area contributed by atoms with E-state index in [-0.39, 0.29) is 29.2 Å². The zero-order valence-electron chi connectivity index (χ0n) is 13.0. The van der Waals surface area contributed by atoms with Crippen LogP contribution in [-0.2, 0) is 19.7 Å².